The molecule has 2 heterocycles. The van der Waals surface area contributed by atoms with Gasteiger partial charge in [0.1, 0.15) is 0 Å². The fraction of sp³-hybridized carbons (Fsp3) is 0.625. The fourth-order valence-corrected chi connectivity index (χ4v) is 2.97. The summed E-state index contributed by atoms with van der Waals surface area (Å²) in [4.78, 5) is 12.0. The van der Waals surface area contributed by atoms with Crippen LogP contribution in [0.2, 0.25) is 5.28 Å². The molecule has 76 valence electrons. The third-order valence-electron chi connectivity index (χ3n) is 2.32. The lowest BCUT2D eigenvalue weighted by Gasteiger charge is -2.20. The summed E-state index contributed by atoms with van der Waals surface area (Å²) in [5, 5.41) is 0.182. The summed E-state index contributed by atoms with van der Waals surface area (Å²) in [6.45, 7) is 2.12. The molecule has 1 aromatic heterocycles. The molecule has 0 amide bonds. The largest absolute Gasteiger partial charge is 0.368 e. The number of anilines is 1. The Balaban J connectivity index is 2.40. The van der Waals surface area contributed by atoms with Gasteiger partial charge in [0.05, 0.1) is 4.75 Å². The van der Waals surface area contributed by atoms with Crippen LogP contribution in [0.3, 0.4) is 0 Å². The van der Waals surface area contributed by atoms with Crippen molar-refractivity contribution in [2.75, 3.05) is 11.5 Å². The second-order valence-corrected chi connectivity index (χ2v) is 5.41. The molecule has 6 heteroatoms. The molecule has 0 spiro atoms. The Morgan fingerprint density at radius 1 is 1.43 bits per heavy atom. The van der Waals surface area contributed by atoms with Gasteiger partial charge < -0.3 is 5.73 Å². The van der Waals surface area contributed by atoms with Gasteiger partial charge in [-0.2, -0.15) is 9.97 Å². The van der Waals surface area contributed by atoms with Crippen LogP contribution >= 0.6 is 23.4 Å². The Morgan fingerprint density at radius 3 is 2.79 bits per heavy atom. The van der Waals surface area contributed by atoms with E-state index >= 15 is 0 Å². The molecule has 0 aliphatic carbocycles. The summed E-state index contributed by atoms with van der Waals surface area (Å²) in [5.74, 6) is 2.05. The predicted molar refractivity (Wildman–Crippen MR) is 58.3 cm³/mol. The highest BCUT2D eigenvalue weighted by Gasteiger charge is 2.34. The van der Waals surface area contributed by atoms with Gasteiger partial charge >= 0.3 is 0 Å². The summed E-state index contributed by atoms with van der Waals surface area (Å²) in [7, 11) is 0. The fourth-order valence-electron chi connectivity index (χ4n) is 1.56. The van der Waals surface area contributed by atoms with E-state index in [9.17, 15) is 0 Å². The van der Waals surface area contributed by atoms with E-state index in [0.29, 0.717) is 5.82 Å². The Kier molecular flexibility index (Phi) is 2.53. The summed E-state index contributed by atoms with van der Waals surface area (Å²) in [6.07, 6.45) is 2.25. The third kappa shape index (κ3) is 1.79. The van der Waals surface area contributed by atoms with Crippen molar-refractivity contribution in [3.05, 3.63) is 11.1 Å². The highest BCUT2D eigenvalue weighted by Crippen LogP contribution is 2.44. The van der Waals surface area contributed by atoms with Gasteiger partial charge in [0.25, 0.3) is 0 Å². The van der Waals surface area contributed by atoms with Crippen LogP contribution in [0, 0.1) is 0 Å². The van der Waals surface area contributed by atoms with Crippen LogP contribution in [0.1, 0.15) is 25.6 Å². The SMILES string of the molecule is CC1(c2nc(N)nc(Cl)n2)CCCS1. The standard InChI is InChI=1S/C8H11ClN4S/c1-8(3-2-4-14-8)5-11-6(9)13-7(10)12-5/h2-4H2,1H3,(H2,10,11,12,13). The van der Waals surface area contributed by atoms with Gasteiger partial charge in [0.15, 0.2) is 5.82 Å². The molecule has 1 aliphatic heterocycles. The topological polar surface area (TPSA) is 64.7 Å². The zero-order valence-electron chi connectivity index (χ0n) is 7.83. The molecule has 1 fully saturated rings. The summed E-state index contributed by atoms with van der Waals surface area (Å²) < 4.78 is -0.0410. The average molecular weight is 231 g/mol. The number of halogens is 1. The molecular weight excluding hydrogens is 220 g/mol. The zero-order chi connectivity index (χ0) is 10.2. The molecule has 1 aromatic rings. The number of hydrogen-bond donors (Lipinski definition) is 1. The minimum Gasteiger partial charge on any atom is -0.368 e. The lowest BCUT2D eigenvalue weighted by molar-refractivity contribution is 0.602. The van der Waals surface area contributed by atoms with Crippen molar-refractivity contribution in [3.8, 4) is 0 Å². The van der Waals surface area contributed by atoms with E-state index in [2.05, 4.69) is 21.9 Å². The van der Waals surface area contributed by atoms with Gasteiger partial charge in [0.2, 0.25) is 11.2 Å². The lowest BCUT2D eigenvalue weighted by atomic mass is 10.1. The van der Waals surface area contributed by atoms with Gasteiger partial charge in [-0.1, -0.05) is 0 Å². The van der Waals surface area contributed by atoms with Gasteiger partial charge in [-0.3, -0.25) is 0 Å². The Labute approximate surface area is 91.7 Å². The highest BCUT2D eigenvalue weighted by molar-refractivity contribution is 8.00. The van der Waals surface area contributed by atoms with Crippen LogP contribution in [-0.4, -0.2) is 20.7 Å². The normalized spacial score (nSPS) is 26.7. The number of nitrogens with two attached hydrogens (primary N) is 1. The molecule has 1 saturated heterocycles. The molecular formula is C8H11ClN4S. The van der Waals surface area contributed by atoms with E-state index in [-0.39, 0.29) is 16.0 Å². The maximum Gasteiger partial charge on any atom is 0.227 e. The molecule has 0 bridgehead atoms. The van der Waals surface area contributed by atoms with Crippen molar-refractivity contribution in [1.29, 1.82) is 0 Å². The number of rotatable bonds is 1. The van der Waals surface area contributed by atoms with Crippen molar-refractivity contribution < 1.29 is 0 Å². The lowest BCUT2D eigenvalue weighted by Crippen LogP contribution is -2.18. The van der Waals surface area contributed by atoms with Crippen LogP contribution in [0.15, 0.2) is 0 Å². The van der Waals surface area contributed by atoms with Crippen molar-refractivity contribution in [2.45, 2.75) is 24.5 Å². The third-order valence-corrected chi connectivity index (χ3v) is 4.00. The summed E-state index contributed by atoms with van der Waals surface area (Å²) in [5.41, 5.74) is 5.53. The van der Waals surface area contributed by atoms with Gasteiger partial charge in [0, 0.05) is 0 Å². The highest BCUT2D eigenvalue weighted by atomic mass is 35.5. The number of thioether (sulfide) groups is 1. The molecule has 14 heavy (non-hydrogen) atoms. The average Bonchev–Trinajstić information content (AvgIpc) is 2.52. The smallest absolute Gasteiger partial charge is 0.227 e. The molecule has 0 radical (unpaired) electrons. The quantitative estimate of drug-likeness (QED) is 0.798. The Bertz CT molecular complexity index is 331. The predicted octanol–water partition coefficient (Wildman–Crippen LogP) is 1.85. The molecule has 1 unspecified atom stereocenters. The minimum atomic E-state index is -0.0410. The molecule has 2 N–H and O–H groups in total. The first kappa shape index (κ1) is 9.98. The first-order valence-electron chi connectivity index (χ1n) is 4.42. The molecule has 0 aromatic carbocycles. The second-order valence-electron chi connectivity index (χ2n) is 3.47. The van der Waals surface area contributed by atoms with Gasteiger partial charge in [-0.05, 0) is 37.1 Å². The molecule has 0 saturated carbocycles. The maximum absolute atomic E-state index is 5.74. The van der Waals surface area contributed by atoms with Crippen LogP contribution in [0.5, 0.6) is 0 Å². The van der Waals surface area contributed by atoms with E-state index in [4.69, 9.17) is 17.3 Å². The Hall–Kier alpha value is -0.550. The second kappa shape index (κ2) is 3.55. The first-order valence-corrected chi connectivity index (χ1v) is 5.78. The monoisotopic (exact) mass is 230 g/mol. The van der Waals surface area contributed by atoms with Gasteiger partial charge in [-0.25, -0.2) is 4.98 Å². The number of hydrogen-bond acceptors (Lipinski definition) is 5. The minimum absolute atomic E-state index is 0.0410. The van der Waals surface area contributed by atoms with Crippen LogP contribution < -0.4 is 5.73 Å². The molecule has 4 nitrogen and oxygen atoms in total. The van der Waals surface area contributed by atoms with Crippen LogP contribution in [-0.2, 0) is 4.75 Å². The number of aromatic nitrogens is 3. The molecule has 1 atom stereocenters. The van der Waals surface area contributed by atoms with E-state index in [0.717, 1.165) is 12.2 Å². The van der Waals surface area contributed by atoms with E-state index in [1.54, 1.807) is 0 Å². The number of nitrogens with zero attached hydrogens (tertiary/aromatic N) is 3. The molecule has 2 rings (SSSR count). The molecule has 1 aliphatic rings. The first-order chi connectivity index (χ1) is 6.60. The summed E-state index contributed by atoms with van der Waals surface area (Å²) >= 11 is 7.59. The van der Waals surface area contributed by atoms with Gasteiger partial charge in [-0.15, -0.1) is 11.8 Å². The number of nitrogen functional groups attached to an aromatic ring is 1. The zero-order valence-corrected chi connectivity index (χ0v) is 9.40. The van der Waals surface area contributed by atoms with Crippen molar-refractivity contribution in [1.82, 2.24) is 15.0 Å². The maximum atomic E-state index is 5.74. The van der Waals surface area contributed by atoms with Crippen LogP contribution in [0.4, 0.5) is 5.95 Å². The van der Waals surface area contributed by atoms with E-state index < -0.39 is 0 Å². The van der Waals surface area contributed by atoms with E-state index in [1.807, 2.05) is 11.8 Å². The van der Waals surface area contributed by atoms with E-state index in [1.165, 1.54) is 6.42 Å². The van der Waals surface area contributed by atoms with Crippen molar-refractivity contribution in [3.63, 3.8) is 0 Å². The van der Waals surface area contributed by atoms with Crippen LogP contribution in [0.25, 0.3) is 0 Å². The van der Waals surface area contributed by atoms with Crippen molar-refractivity contribution >= 4 is 29.3 Å². The summed E-state index contributed by atoms with van der Waals surface area (Å²) in [6, 6.07) is 0. The Morgan fingerprint density at radius 2 is 2.21 bits per heavy atom. The van der Waals surface area contributed by atoms with Crippen molar-refractivity contribution in [2.24, 2.45) is 0 Å².